The van der Waals surface area contributed by atoms with Gasteiger partial charge in [-0.05, 0) is 37.0 Å². The molecule has 5 nitrogen and oxygen atoms in total. The molecule has 0 radical (unpaired) electrons. The summed E-state index contributed by atoms with van der Waals surface area (Å²) >= 11 is 0. The van der Waals surface area contributed by atoms with Crippen LogP contribution in [0.5, 0.6) is 0 Å². The van der Waals surface area contributed by atoms with Crippen molar-refractivity contribution in [1.82, 2.24) is 5.32 Å². The molecule has 2 rings (SSSR count). The molecule has 1 heterocycles. The number of hydrogen-bond donors (Lipinski definition) is 2. The Kier molecular flexibility index (Phi) is 4.76. The van der Waals surface area contributed by atoms with Gasteiger partial charge in [0.05, 0.1) is 18.2 Å². The highest BCUT2D eigenvalue weighted by atomic mass is 16.5. The van der Waals surface area contributed by atoms with E-state index in [-0.39, 0.29) is 6.03 Å². The van der Waals surface area contributed by atoms with Gasteiger partial charge in [-0.2, -0.15) is 5.26 Å². The van der Waals surface area contributed by atoms with E-state index in [2.05, 4.69) is 10.6 Å². The van der Waals surface area contributed by atoms with Crippen LogP contribution < -0.4 is 10.6 Å². The molecule has 1 aromatic rings. The van der Waals surface area contributed by atoms with Crippen molar-refractivity contribution in [2.45, 2.75) is 12.8 Å². The van der Waals surface area contributed by atoms with Crippen LogP contribution in [0.1, 0.15) is 18.4 Å². The monoisotopic (exact) mass is 259 g/mol. The standard InChI is InChI=1S/C14H17N3O2/c15-8-11-3-1-5-13(7-11)17-14(18)16-9-12-4-2-6-19-10-12/h1,3,5,7,12H,2,4,6,9-10H2,(H2,16,17,18). The summed E-state index contributed by atoms with van der Waals surface area (Å²) in [6.07, 6.45) is 2.14. The number of nitrogens with zero attached hydrogens (tertiary/aromatic N) is 1. The van der Waals surface area contributed by atoms with Crippen LogP contribution >= 0.6 is 0 Å². The molecular weight excluding hydrogens is 242 g/mol. The Bertz CT molecular complexity index is 476. The second-order valence-corrected chi connectivity index (χ2v) is 4.61. The topological polar surface area (TPSA) is 74.2 Å². The lowest BCUT2D eigenvalue weighted by Gasteiger charge is -2.22. The van der Waals surface area contributed by atoms with Gasteiger partial charge in [0.2, 0.25) is 0 Å². The van der Waals surface area contributed by atoms with E-state index in [4.69, 9.17) is 10.00 Å². The number of hydrogen-bond acceptors (Lipinski definition) is 3. The molecule has 1 unspecified atom stereocenters. The van der Waals surface area contributed by atoms with Crippen molar-refractivity contribution >= 4 is 11.7 Å². The second kappa shape index (κ2) is 6.76. The van der Waals surface area contributed by atoms with Crippen LogP contribution in [0.3, 0.4) is 0 Å². The van der Waals surface area contributed by atoms with Crippen molar-refractivity contribution < 1.29 is 9.53 Å². The van der Waals surface area contributed by atoms with Gasteiger partial charge in [-0.25, -0.2) is 4.79 Å². The van der Waals surface area contributed by atoms with Gasteiger partial charge in [-0.15, -0.1) is 0 Å². The van der Waals surface area contributed by atoms with Crippen molar-refractivity contribution in [3.05, 3.63) is 29.8 Å². The smallest absolute Gasteiger partial charge is 0.319 e. The summed E-state index contributed by atoms with van der Waals surface area (Å²) in [5.74, 6) is 0.393. The quantitative estimate of drug-likeness (QED) is 0.873. The third-order valence-corrected chi connectivity index (χ3v) is 3.06. The fourth-order valence-electron chi connectivity index (χ4n) is 2.05. The molecule has 1 fully saturated rings. The third-order valence-electron chi connectivity index (χ3n) is 3.06. The summed E-state index contributed by atoms with van der Waals surface area (Å²) in [6, 6.07) is 8.62. The average Bonchev–Trinajstić information content (AvgIpc) is 2.46. The van der Waals surface area contributed by atoms with Gasteiger partial charge >= 0.3 is 6.03 Å². The number of carbonyl (C=O) groups is 1. The number of ether oxygens (including phenoxy) is 1. The maximum atomic E-state index is 11.7. The minimum absolute atomic E-state index is 0.249. The van der Waals surface area contributed by atoms with Crippen molar-refractivity contribution in [1.29, 1.82) is 5.26 Å². The molecule has 2 N–H and O–H groups in total. The minimum Gasteiger partial charge on any atom is -0.381 e. The predicted octanol–water partition coefficient (Wildman–Crippen LogP) is 2.11. The lowest BCUT2D eigenvalue weighted by Crippen LogP contribution is -2.35. The van der Waals surface area contributed by atoms with E-state index in [9.17, 15) is 4.79 Å². The molecule has 1 aliphatic rings. The maximum absolute atomic E-state index is 11.7. The largest absolute Gasteiger partial charge is 0.381 e. The van der Waals surface area contributed by atoms with Crippen molar-refractivity contribution in [2.24, 2.45) is 5.92 Å². The van der Waals surface area contributed by atoms with Gasteiger partial charge in [0.1, 0.15) is 0 Å². The first-order valence-corrected chi connectivity index (χ1v) is 6.40. The second-order valence-electron chi connectivity index (χ2n) is 4.61. The normalized spacial score (nSPS) is 18.4. The van der Waals surface area contributed by atoms with Crippen molar-refractivity contribution in [2.75, 3.05) is 25.1 Å². The number of benzene rings is 1. The molecule has 5 heteroatoms. The molecule has 1 aliphatic heterocycles. The molecule has 100 valence electrons. The van der Waals surface area contributed by atoms with Crippen LogP contribution in [0, 0.1) is 17.2 Å². The summed E-state index contributed by atoms with van der Waals surface area (Å²) in [5.41, 5.74) is 1.15. The summed E-state index contributed by atoms with van der Waals surface area (Å²) in [5, 5.41) is 14.3. The average molecular weight is 259 g/mol. The van der Waals surface area contributed by atoms with Crippen LogP contribution in [0.2, 0.25) is 0 Å². The van der Waals surface area contributed by atoms with Gasteiger partial charge < -0.3 is 15.4 Å². The number of nitriles is 1. The Morgan fingerprint density at radius 2 is 2.42 bits per heavy atom. The van der Waals surface area contributed by atoms with Gasteiger partial charge in [-0.3, -0.25) is 0 Å². The number of urea groups is 1. The Hall–Kier alpha value is -2.06. The third kappa shape index (κ3) is 4.27. The van der Waals surface area contributed by atoms with E-state index in [0.717, 1.165) is 19.4 Å². The number of anilines is 1. The molecule has 1 atom stereocenters. The minimum atomic E-state index is -0.249. The lowest BCUT2D eigenvalue weighted by atomic mass is 10.0. The number of carbonyl (C=O) groups excluding carboxylic acids is 1. The van der Waals surface area contributed by atoms with Gasteiger partial charge in [-0.1, -0.05) is 6.07 Å². The van der Waals surface area contributed by atoms with E-state index in [1.54, 1.807) is 24.3 Å². The molecule has 0 aromatic heterocycles. The Labute approximate surface area is 112 Å². The highest BCUT2D eigenvalue weighted by Gasteiger charge is 2.14. The molecule has 1 saturated heterocycles. The molecule has 1 aromatic carbocycles. The van der Waals surface area contributed by atoms with E-state index < -0.39 is 0 Å². The van der Waals surface area contributed by atoms with Crippen LogP contribution in [-0.4, -0.2) is 25.8 Å². The van der Waals surface area contributed by atoms with Gasteiger partial charge in [0, 0.05) is 18.8 Å². The predicted molar refractivity (Wildman–Crippen MR) is 71.7 cm³/mol. The SMILES string of the molecule is N#Cc1cccc(NC(=O)NCC2CCCOC2)c1. The molecule has 19 heavy (non-hydrogen) atoms. The number of nitrogens with one attached hydrogen (secondary N) is 2. The summed E-state index contributed by atoms with van der Waals surface area (Å²) in [7, 11) is 0. The van der Waals surface area contributed by atoms with E-state index in [1.807, 2.05) is 6.07 Å². The van der Waals surface area contributed by atoms with E-state index >= 15 is 0 Å². The molecule has 0 spiro atoms. The Morgan fingerprint density at radius 3 is 3.16 bits per heavy atom. The van der Waals surface area contributed by atoms with E-state index in [1.165, 1.54) is 0 Å². The van der Waals surface area contributed by atoms with Crippen molar-refractivity contribution in [3.8, 4) is 6.07 Å². The first kappa shape index (κ1) is 13.4. The summed E-state index contributed by atoms with van der Waals surface area (Å²) in [4.78, 5) is 11.7. The zero-order valence-corrected chi connectivity index (χ0v) is 10.7. The molecule has 0 aliphatic carbocycles. The zero-order chi connectivity index (χ0) is 13.5. The highest BCUT2D eigenvalue weighted by Crippen LogP contribution is 2.12. The van der Waals surface area contributed by atoms with Crippen LogP contribution in [0.15, 0.2) is 24.3 Å². The summed E-state index contributed by atoms with van der Waals surface area (Å²) < 4.78 is 5.36. The van der Waals surface area contributed by atoms with E-state index in [0.29, 0.717) is 30.3 Å². The van der Waals surface area contributed by atoms with Gasteiger partial charge in [0.15, 0.2) is 0 Å². The highest BCUT2D eigenvalue weighted by molar-refractivity contribution is 5.89. The first-order chi connectivity index (χ1) is 9.28. The fourth-order valence-corrected chi connectivity index (χ4v) is 2.05. The molecule has 0 saturated carbocycles. The van der Waals surface area contributed by atoms with Crippen LogP contribution in [0.25, 0.3) is 0 Å². The molecule has 0 bridgehead atoms. The molecule has 2 amide bonds. The number of rotatable bonds is 3. The molecular formula is C14H17N3O2. The first-order valence-electron chi connectivity index (χ1n) is 6.40. The van der Waals surface area contributed by atoms with Crippen molar-refractivity contribution in [3.63, 3.8) is 0 Å². The van der Waals surface area contributed by atoms with Crippen LogP contribution in [-0.2, 0) is 4.74 Å². The summed E-state index contributed by atoms with van der Waals surface area (Å²) in [6.45, 7) is 2.15. The Balaban J connectivity index is 1.78. The Morgan fingerprint density at radius 1 is 1.53 bits per heavy atom. The van der Waals surface area contributed by atoms with Gasteiger partial charge in [0.25, 0.3) is 0 Å². The lowest BCUT2D eigenvalue weighted by molar-refractivity contribution is 0.0559. The zero-order valence-electron chi connectivity index (χ0n) is 10.7. The number of amides is 2. The maximum Gasteiger partial charge on any atom is 0.319 e. The fraction of sp³-hybridized carbons (Fsp3) is 0.429. The van der Waals surface area contributed by atoms with Crippen LogP contribution in [0.4, 0.5) is 10.5 Å².